The molecule has 33 heavy (non-hydrogen) atoms. The van der Waals surface area contributed by atoms with Crippen molar-refractivity contribution in [3.05, 3.63) is 64.6 Å². The average molecular weight is 466 g/mol. The normalized spacial score (nSPS) is 11.6. The number of benzene rings is 1. The molecule has 174 valence electrons. The summed E-state index contributed by atoms with van der Waals surface area (Å²) in [4.78, 5) is 34.5. The summed E-state index contributed by atoms with van der Waals surface area (Å²) < 4.78 is 65.1. The number of pyridine rings is 1. The summed E-state index contributed by atoms with van der Waals surface area (Å²) in [6, 6.07) is 5.56. The number of H-pyrrole nitrogens is 1. The minimum absolute atomic E-state index is 0.0678. The second kappa shape index (κ2) is 9.47. The summed E-state index contributed by atoms with van der Waals surface area (Å²) in [6.45, 7) is 2.99. The van der Waals surface area contributed by atoms with Gasteiger partial charge in [0.05, 0.1) is 16.8 Å². The van der Waals surface area contributed by atoms with E-state index < -0.39 is 29.8 Å². The molecule has 0 saturated heterocycles. The Kier molecular flexibility index (Phi) is 6.89. The van der Waals surface area contributed by atoms with Crippen LogP contribution in [-0.2, 0) is 17.4 Å². The van der Waals surface area contributed by atoms with Gasteiger partial charge in [0, 0.05) is 23.9 Å². The van der Waals surface area contributed by atoms with Crippen molar-refractivity contribution in [3.8, 4) is 11.3 Å². The molecule has 0 aliphatic heterocycles. The minimum atomic E-state index is -4.48. The molecule has 1 amide bonds. The first-order valence-corrected chi connectivity index (χ1v) is 9.77. The van der Waals surface area contributed by atoms with Gasteiger partial charge in [-0.2, -0.15) is 13.2 Å². The Bertz CT molecular complexity index is 1170. The molecule has 1 aromatic carbocycles. The molecular formula is C22H19F5N4O2. The molecule has 6 nitrogen and oxygen atoms in total. The van der Waals surface area contributed by atoms with E-state index in [1.165, 1.54) is 31.3 Å². The largest absolute Gasteiger partial charge is 0.416 e. The zero-order chi connectivity index (χ0) is 24.3. The highest BCUT2D eigenvalue weighted by Crippen LogP contribution is 2.31. The third-order valence-electron chi connectivity index (χ3n) is 4.79. The van der Waals surface area contributed by atoms with E-state index in [1.807, 2.05) is 0 Å². The van der Waals surface area contributed by atoms with E-state index in [2.05, 4.69) is 20.3 Å². The molecule has 0 bridgehead atoms. The number of ketones is 1. The van der Waals surface area contributed by atoms with Crippen molar-refractivity contribution in [1.29, 1.82) is 0 Å². The fourth-order valence-corrected chi connectivity index (χ4v) is 3.12. The lowest BCUT2D eigenvalue weighted by Crippen LogP contribution is -2.17. The van der Waals surface area contributed by atoms with E-state index >= 15 is 0 Å². The van der Waals surface area contributed by atoms with Crippen LogP contribution in [0.15, 0.2) is 36.5 Å². The first kappa shape index (κ1) is 24.0. The number of amides is 1. The first-order valence-electron chi connectivity index (χ1n) is 9.77. The van der Waals surface area contributed by atoms with E-state index in [9.17, 15) is 31.5 Å². The van der Waals surface area contributed by atoms with Crippen LogP contribution < -0.4 is 5.32 Å². The van der Waals surface area contributed by atoms with Crippen molar-refractivity contribution >= 4 is 17.6 Å². The number of hydrogen-bond donors (Lipinski definition) is 2. The van der Waals surface area contributed by atoms with Gasteiger partial charge in [-0.3, -0.25) is 15.1 Å². The number of anilines is 1. The number of hydrogen-bond acceptors (Lipinski definition) is 4. The fraction of sp³-hybridized carbons (Fsp3) is 0.273. The molecule has 0 saturated carbocycles. The third kappa shape index (κ3) is 5.79. The SMILES string of the molecule is CC(=O)CCc1cnc(C(F)F)c(C(=O)Nc2nc(-c3ccc(C(F)(F)F)cc3)c(C)[nH]2)c1. The van der Waals surface area contributed by atoms with E-state index in [0.717, 1.165) is 12.1 Å². The first-order chi connectivity index (χ1) is 15.5. The summed E-state index contributed by atoms with van der Waals surface area (Å²) in [6.07, 6.45) is -5.88. The Morgan fingerprint density at radius 2 is 1.82 bits per heavy atom. The van der Waals surface area contributed by atoms with Crippen LogP contribution in [0.3, 0.4) is 0 Å². The molecule has 0 fully saturated rings. The van der Waals surface area contributed by atoms with E-state index in [4.69, 9.17) is 0 Å². The quantitative estimate of drug-likeness (QED) is 0.450. The topological polar surface area (TPSA) is 87.7 Å². The zero-order valence-electron chi connectivity index (χ0n) is 17.6. The standard InChI is InChI=1S/C22H19F5N4O2/c1-11(32)3-4-13-9-16(18(19(23)24)28-10-13)20(33)31-21-29-12(2)17(30-21)14-5-7-15(8-6-14)22(25,26)27/h5-10,19H,3-4H2,1-2H3,(H2,29,30,31,33). The number of halogens is 5. The Hall–Kier alpha value is -3.63. The summed E-state index contributed by atoms with van der Waals surface area (Å²) in [7, 11) is 0. The van der Waals surface area contributed by atoms with Gasteiger partial charge >= 0.3 is 6.18 Å². The maximum absolute atomic E-state index is 13.4. The molecule has 11 heteroatoms. The Balaban J connectivity index is 1.85. The molecule has 2 aromatic heterocycles. The number of nitrogens with zero attached hydrogens (tertiary/aromatic N) is 2. The van der Waals surface area contributed by atoms with E-state index in [1.54, 1.807) is 6.92 Å². The van der Waals surface area contributed by atoms with Crippen LogP contribution in [0.2, 0.25) is 0 Å². The molecule has 0 radical (unpaired) electrons. The monoisotopic (exact) mass is 466 g/mol. The smallest absolute Gasteiger partial charge is 0.328 e. The number of imidazole rings is 1. The third-order valence-corrected chi connectivity index (χ3v) is 4.79. The number of aromatic nitrogens is 3. The summed E-state index contributed by atoms with van der Waals surface area (Å²) in [5, 5.41) is 2.39. The number of alkyl halides is 5. The molecule has 2 heterocycles. The Labute approximate surface area is 185 Å². The Morgan fingerprint density at radius 1 is 1.15 bits per heavy atom. The highest BCUT2D eigenvalue weighted by atomic mass is 19.4. The van der Waals surface area contributed by atoms with Gasteiger partial charge in [0.1, 0.15) is 11.5 Å². The van der Waals surface area contributed by atoms with Crippen LogP contribution in [-0.4, -0.2) is 26.6 Å². The van der Waals surface area contributed by atoms with Crippen LogP contribution >= 0.6 is 0 Å². The van der Waals surface area contributed by atoms with Gasteiger partial charge in [-0.05, 0) is 44.0 Å². The average Bonchev–Trinajstić information content (AvgIpc) is 3.11. The number of nitrogens with one attached hydrogen (secondary N) is 2. The molecule has 3 aromatic rings. The van der Waals surface area contributed by atoms with Crippen molar-refractivity contribution < 1.29 is 31.5 Å². The number of aromatic amines is 1. The Morgan fingerprint density at radius 3 is 2.39 bits per heavy atom. The predicted octanol–water partition coefficient (Wildman–Crippen LogP) is 5.51. The summed E-state index contributed by atoms with van der Waals surface area (Å²) >= 11 is 0. The number of rotatable bonds is 7. The fourth-order valence-electron chi connectivity index (χ4n) is 3.12. The van der Waals surface area contributed by atoms with Crippen LogP contribution in [0, 0.1) is 6.92 Å². The van der Waals surface area contributed by atoms with E-state index in [-0.39, 0.29) is 30.1 Å². The van der Waals surface area contributed by atoms with Crippen molar-refractivity contribution in [2.45, 2.75) is 39.3 Å². The van der Waals surface area contributed by atoms with Gasteiger partial charge in [-0.1, -0.05) is 12.1 Å². The zero-order valence-corrected chi connectivity index (χ0v) is 17.6. The molecule has 2 N–H and O–H groups in total. The highest BCUT2D eigenvalue weighted by Gasteiger charge is 2.30. The molecule has 0 aliphatic rings. The summed E-state index contributed by atoms with van der Waals surface area (Å²) in [5.74, 6) is -1.06. The lowest BCUT2D eigenvalue weighted by atomic mass is 10.1. The molecule has 0 aliphatic carbocycles. The van der Waals surface area contributed by atoms with Crippen LogP contribution in [0.5, 0.6) is 0 Å². The number of aryl methyl sites for hydroxylation is 2. The lowest BCUT2D eigenvalue weighted by molar-refractivity contribution is -0.137. The van der Waals surface area contributed by atoms with Crippen molar-refractivity contribution in [2.75, 3.05) is 5.32 Å². The van der Waals surface area contributed by atoms with Crippen molar-refractivity contribution in [1.82, 2.24) is 15.0 Å². The molecular weight excluding hydrogens is 447 g/mol. The molecule has 3 rings (SSSR count). The van der Waals surface area contributed by atoms with Crippen molar-refractivity contribution in [3.63, 3.8) is 0 Å². The predicted molar refractivity (Wildman–Crippen MR) is 110 cm³/mol. The number of carbonyl (C=O) groups is 2. The van der Waals surface area contributed by atoms with Crippen LogP contribution in [0.4, 0.5) is 27.9 Å². The van der Waals surface area contributed by atoms with Crippen molar-refractivity contribution in [2.24, 2.45) is 0 Å². The van der Waals surface area contributed by atoms with Crippen LogP contribution in [0.25, 0.3) is 11.3 Å². The van der Waals surface area contributed by atoms with Gasteiger partial charge in [0.25, 0.3) is 12.3 Å². The van der Waals surface area contributed by atoms with E-state index in [0.29, 0.717) is 22.5 Å². The number of Topliss-reactive ketones (excluding diaryl/α,β-unsaturated/α-hetero) is 1. The van der Waals surface area contributed by atoms with Gasteiger partial charge in [-0.15, -0.1) is 0 Å². The maximum Gasteiger partial charge on any atom is 0.416 e. The second-order valence-electron chi connectivity index (χ2n) is 7.37. The van der Waals surface area contributed by atoms with Gasteiger partial charge in [0.15, 0.2) is 0 Å². The molecule has 0 spiro atoms. The van der Waals surface area contributed by atoms with Crippen LogP contribution in [0.1, 0.15) is 52.6 Å². The minimum Gasteiger partial charge on any atom is -0.328 e. The van der Waals surface area contributed by atoms with Gasteiger partial charge < -0.3 is 9.78 Å². The second-order valence-corrected chi connectivity index (χ2v) is 7.37. The van der Waals surface area contributed by atoms with Gasteiger partial charge in [-0.25, -0.2) is 13.8 Å². The number of carbonyl (C=O) groups excluding carboxylic acids is 2. The highest BCUT2D eigenvalue weighted by molar-refractivity contribution is 6.04. The lowest BCUT2D eigenvalue weighted by Gasteiger charge is -2.10. The van der Waals surface area contributed by atoms with Gasteiger partial charge in [0.2, 0.25) is 5.95 Å². The molecule has 0 unspecified atom stereocenters. The molecule has 0 atom stereocenters. The maximum atomic E-state index is 13.4. The summed E-state index contributed by atoms with van der Waals surface area (Å²) in [5.41, 5.74) is -0.334.